The number of aromatic nitrogens is 6. The molecule has 1 aliphatic heterocycles. The van der Waals surface area contributed by atoms with E-state index in [0.717, 1.165) is 38.5 Å². The molecule has 0 radical (unpaired) electrons. The van der Waals surface area contributed by atoms with Crippen LogP contribution in [0.2, 0.25) is 10.6 Å². The normalized spacial score (nSPS) is 11.8. The minimum Gasteiger partial charge on any atom is -0.424 e. The van der Waals surface area contributed by atoms with E-state index in [9.17, 15) is 9.59 Å². The molecule has 0 unspecified atom stereocenters. The van der Waals surface area contributed by atoms with Crippen LogP contribution in [0.25, 0.3) is 0 Å². The molecule has 0 aliphatic carbocycles. The zero-order valence-electron chi connectivity index (χ0n) is 43.4. The van der Waals surface area contributed by atoms with E-state index in [-0.39, 0.29) is 80.5 Å². The topological polar surface area (TPSA) is 172 Å². The van der Waals surface area contributed by atoms with Crippen molar-refractivity contribution in [2.45, 2.75) is 219 Å². The number of hydrogen-bond donors (Lipinski definition) is 2. The van der Waals surface area contributed by atoms with Gasteiger partial charge >= 0.3 is 24.0 Å². The van der Waals surface area contributed by atoms with Crippen molar-refractivity contribution in [3.05, 3.63) is 58.1 Å². The Balaban J connectivity index is 1.10. The number of unbranched alkanes of at least 4 members (excludes halogenated alkanes) is 30. The van der Waals surface area contributed by atoms with E-state index in [4.69, 9.17) is 42.1 Å². The maximum Gasteiger partial charge on any atom is 0.329 e. The molecule has 2 aromatic carbocycles. The molecule has 3 heterocycles. The number of fused-ring (bicyclic) bond motifs is 8. The van der Waals surface area contributed by atoms with Gasteiger partial charge in [0.2, 0.25) is 10.6 Å². The number of hydrogen-bond acceptors (Lipinski definition) is 12. The second kappa shape index (κ2) is 35.4. The van der Waals surface area contributed by atoms with Gasteiger partial charge < -0.3 is 29.6 Å². The average Bonchev–Trinajstić information content (AvgIpc) is 3.35. The van der Waals surface area contributed by atoms with Crippen LogP contribution in [0.15, 0.2) is 36.4 Å². The molecule has 16 heteroatoms. The van der Waals surface area contributed by atoms with Gasteiger partial charge in [-0.15, -0.1) is 9.97 Å². The molecule has 2 amide bonds. The molecule has 0 spiro atoms. The van der Waals surface area contributed by atoms with Crippen molar-refractivity contribution in [2.24, 2.45) is 0 Å². The van der Waals surface area contributed by atoms with Crippen molar-refractivity contribution in [1.29, 1.82) is 0 Å². The standard InChI is InChI=1S/C56H82Cl2N8O6/c1-3-5-7-9-11-13-15-17-19-21-23-25-27-29-31-33-35-59-49(67)43-37-45-41-46(38-43)70-54-62-52(58)64-56(66-54)72-48-40-44(39-47(42-48)71-55-63-51(57)61-53(65-55)69-45)50(68)60-36-34-32-30-28-26-24-22-20-18-16-14-12-10-8-6-4-2/h37-42H,3-36H2,1-2H3,(H,59,67)(H,60,68). The third-order valence-electron chi connectivity index (χ3n) is 12.9. The number of carbonyl (C=O) groups excluding carboxylic acids is 2. The summed E-state index contributed by atoms with van der Waals surface area (Å²) in [5.74, 6) is -0.104. The summed E-state index contributed by atoms with van der Waals surface area (Å²) in [4.78, 5) is 52.2. The molecule has 2 aromatic heterocycles. The van der Waals surface area contributed by atoms with Crippen LogP contribution in [0.3, 0.4) is 0 Å². The number of nitrogens with zero attached hydrogens (tertiary/aromatic N) is 6. The SMILES string of the molecule is CCCCCCCCCCCCCCCCCCNC(=O)c1cc2cc(c1)Oc1nc(Cl)nc(n1)Oc1cc(cc(C(=O)NCCCCCCCCCCCCCCCCCC)c1)Oc1nc(Cl)nc(n1)O2. The molecule has 5 rings (SSSR count). The summed E-state index contributed by atoms with van der Waals surface area (Å²) >= 11 is 12.7. The average molecular weight is 1030 g/mol. The Morgan fingerprint density at radius 3 is 0.806 bits per heavy atom. The Bertz CT molecular complexity index is 1950. The van der Waals surface area contributed by atoms with E-state index < -0.39 is 0 Å². The van der Waals surface area contributed by atoms with Crippen LogP contribution in [0.4, 0.5) is 0 Å². The minimum atomic E-state index is -0.334. The Morgan fingerprint density at radius 1 is 0.347 bits per heavy atom. The summed E-state index contributed by atoms with van der Waals surface area (Å²) in [5.41, 5.74) is 0.480. The third kappa shape index (κ3) is 24.3. The maximum absolute atomic E-state index is 13.5. The van der Waals surface area contributed by atoms with Crippen molar-refractivity contribution in [3.8, 4) is 47.0 Å². The summed E-state index contributed by atoms with van der Waals surface area (Å²) in [6.45, 7) is 5.55. The molecule has 2 N–H and O–H groups in total. The third-order valence-corrected chi connectivity index (χ3v) is 13.2. The van der Waals surface area contributed by atoms with Crippen LogP contribution < -0.4 is 29.6 Å². The van der Waals surface area contributed by atoms with Gasteiger partial charge in [0.05, 0.1) is 0 Å². The Hall–Kier alpha value is -4.82. The van der Waals surface area contributed by atoms with Gasteiger partial charge in [0.1, 0.15) is 23.0 Å². The van der Waals surface area contributed by atoms with E-state index in [2.05, 4.69) is 54.4 Å². The summed E-state index contributed by atoms with van der Waals surface area (Å²) in [6, 6.07) is 8.24. The lowest BCUT2D eigenvalue weighted by atomic mass is 10.0. The van der Waals surface area contributed by atoms with E-state index in [1.807, 2.05) is 0 Å². The molecular formula is C56H82Cl2N8O6. The van der Waals surface area contributed by atoms with Crippen LogP contribution in [-0.2, 0) is 0 Å². The highest BCUT2D eigenvalue weighted by molar-refractivity contribution is 6.28. The summed E-state index contributed by atoms with van der Waals surface area (Å²) in [6.07, 6.45) is 40.8. The molecule has 1 aliphatic rings. The molecule has 72 heavy (non-hydrogen) atoms. The highest BCUT2D eigenvalue weighted by Crippen LogP contribution is 2.34. The number of halogens is 2. The lowest BCUT2D eigenvalue weighted by Crippen LogP contribution is -2.24. The first-order valence-corrected chi connectivity index (χ1v) is 28.4. The summed E-state index contributed by atoms with van der Waals surface area (Å²) in [7, 11) is 0. The highest BCUT2D eigenvalue weighted by Gasteiger charge is 2.19. The number of amides is 2. The van der Waals surface area contributed by atoms with Crippen LogP contribution in [0.1, 0.15) is 240 Å². The van der Waals surface area contributed by atoms with Crippen molar-refractivity contribution < 1.29 is 28.5 Å². The molecule has 0 saturated heterocycles. The van der Waals surface area contributed by atoms with Gasteiger partial charge in [-0.1, -0.05) is 206 Å². The summed E-state index contributed by atoms with van der Waals surface area (Å²) < 4.78 is 24.1. The van der Waals surface area contributed by atoms with Gasteiger partial charge in [-0.2, -0.15) is 19.9 Å². The van der Waals surface area contributed by atoms with Crippen LogP contribution in [0.5, 0.6) is 47.0 Å². The van der Waals surface area contributed by atoms with Gasteiger partial charge in [-0.05, 0) is 60.3 Å². The summed E-state index contributed by atoms with van der Waals surface area (Å²) in [5, 5.41) is 5.59. The van der Waals surface area contributed by atoms with Gasteiger partial charge in [0, 0.05) is 36.3 Å². The Labute approximate surface area is 439 Å². The van der Waals surface area contributed by atoms with E-state index >= 15 is 0 Å². The largest absolute Gasteiger partial charge is 0.424 e. The minimum absolute atomic E-state index is 0.141. The fraction of sp³-hybridized carbons (Fsp3) is 0.643. The fourth-order valence-corrected chi connectivity index (χ4v) is 9.12. The zero-order valence-corrected chi connectivity index (χ0v) is 44.9. The quantitative estimate of drug-likeness (QED) is 0.0364. The Morgan fingerprint density at radius 2 is 0.569 bits per heavy atom. The van der Waals surface area contributed by atoms with Crippen LogP contribution in [-0.4, -0.2) is 54.8 Å². The lowest BCUT2D eigenvalue weighted by Gasteiger charge is -2.14. The first-order valence-electron chi connectivity index (χ1n) is 27.7. The predicted octanol–water partition coefficient (Wildman–Crippen LogP) is 16.8. The van der Waals surface area contributed by atoms with Crippen molar-refractivity contribution in [3.63, 3.8) is 0 Å². The van der Waals surface area contributed by atoms with Crippen LogP contribution >= 0.6 is 23.2 Å². The maximum atomic E-state index is 13.5. The molecule has 396 valence electrons. The second-order valence-corrected chi connectivity index (χ2v) is 19.9. The van der Waals surface area contributed by atoms with E-state index in [0.29, 0.717) is 13.1 Å². The van der Waals surface area contributed by atoms with Gasteiger partial charge in [0.25, 0.3) is 11.8 Å². The van der Waals surface area contributed by atoms with E-state index in [1.54, 1.807) is 0 Å². The first kappa shape index (κ1) is 58.1. The predicted molar refractivity (Wildman–Crippen MR) is 287 cm³/mol. The molecular weight excluding hydrogens is 952 g/mol. The highest BCUT2D eigenvalue weighted by atomic mass is 35.5. The van der Waals surface area contributed by atoms with Crippen LogP contribution in [0, 0.1) is 0 Å². The number of rotatable bonds is 36. The van der Waals surface area contributed by atoms with Crippen molar-refractivity contribution in [2.75, 3.05) is 13.1 Å². The zero-order chi connectivity index (χ0) is 50.9. The van der Waals surface area contributed by atoms with Gasteiger partial charge in [-0.3, -0.25) is 9.59 Å². The molecule has 0 fully saturated rings. The molecule has 14 nitrogen and oxygen atoms in total. The molecule has 0 atom stereocenters. The lowest BCUT2D eigenvalue weighted by molar-refractivity contribution is 0.0944. The first-order chi connectivity index (χ1) is 35.3. The van der Waals surface area contributed by atoms with Crippen molar-refractivity contribution >= 4 is 35.0 Å². The van der Waals surface area contributed by atoms with E-state index in [1.165, 1.54) is 203 Å². The molecule has 4 aromatic rings. The Kier molecular flexibility index (Phi) is 28.5. The van der Waals surface area contributed by atoms with Gasteiger partial charge in [-0.25, -0.2) is 0 Å². The smallest absolute Gasteiger partial charge is 0.329 e. The number of ether oxygens (including phenoxy) is 4. The second-order valence-electron chi connectivity index (χ2n) is 19.3. The number of nitrogens with one attached hydrogen (secondary N) is 2. The monoisotopic (exact) mass is 1030 g/mol. The fourth-order valence-electron chi connectivity index (χ4n) is 8.83. The van der Waals surface area contributed by atoms with Gasteiger partial charge in [0.15, 0.2) is 0 Å². The number of carbonyl (C=O) groups is 2. The molecule has 0 saturated carbocycles. The van der Waals surface area contributed by atoms with Crippen molar-refractivity contribution in [1.82, 2.24) is 40.5 Å². The number of benzene rings is 2. The molecule has 8 bridgehead atoms.